The molecule has 0 fully saturated rings. The van der Waals surface area contributed by atoms with Crippen LogP contribution in [0, 0.1) is 0 Å². The average molecular weight is 404 g/mol. The SMILES string of the molecule is CC[C@@H](CNC(=O)[C@@H](C)OC(=O)c1ccccc1S(C)(=O)=O)c1ccccc1. The maximum absolute atomic E-state index is 12.4. The highest BCUT2D eigenvalue weighted by Crippen LogP contribution is 2.19. The monoisotopic (exact) mass is 403 g/mol. The minimum absolute atomic E-state index is 0.0830. The van der Waals surface area contributed by atoms with Crippen molar-refractivity contribution in [1.82, 2.24) is 5.32 Å². The summed E-state index contributed by atoms with van der Waals surface area (Å²) in [6.07, 6.45) is 0.817. The highest BCUT2D eigenvalue weighted by molar-refractivity contribution is 7.90. The van der Waals surface area contributed by atoms with Crippen LogP contribution in [0.5, 0.6) is 0 Å². The number of ether oxygens (including phenoxy) is 1. The fraction of sp³-hybridized carbons (Fsp3) is 0.333. The van der Waals surface area contributed by atoms with Gasteiger partial charge in [-0.1, -0.05) is 49.4 Å². The Morgan fingerprint density at radius 3 is 2.25 bits per heavy atom. The summed E-state index contributed by atoms with van der Waals surface area (Å²) in [5.41, 5.74) is 1.04. The normalized spacial score (nSPS) is 13.4. The van der Waals surface area contributed by atoms with Gasteiger partial charge in [-0.25, -0.2) is 13.2 Å². The number of carbonyl (C=O) groups is 2. The van der Waals surface area contributed by atoms with Crippen LogP contribution in [-0.2, 0) is 19.4 Å². The van der Waals surface area contributed by atoms with E-state index in [4.69, 9.17) is 4.74 Å². The highest BCUT2D eigenvalue weighted by atomic mass is 32.2. The van der Waals surface area contributed by atoms with Gasteiger partial charge in [-0.15, -0.1) is 0 Å². The van der Waals surface area contributed by atoms with Crippen molar-refractivity contribution >= 4 is 21.7 Å². The summed E-state index contributed by atoms with van der Waals surface area (Å²) < 4.78 is 28.9. The number of benzene rings is 2. The molecule has 0 aromatic heterocycles. The maximum Gasteiger partial charge on any atom is 0.340 e. The largest absolute Gasteiger partial charge is 0.449 e. The fourth-order valence-electron chi connectivity index (χ4n) is 2.83. The molecular weight excluding hydrogens is 378 g/mol. The molecule has 0 radical (unpaired) electrons. The molecule has 2 aromatic rings. The second kappa shape index (κ2) is 9.50. The van der Waals surface area contributed by atoms with Crippen molar-refractivity contribution in [3.05, 3.63) is 65.7 Å². The summed E-state index contributed by atoms with van der Waals surface area (Å²) in [7, 11) is -3.59. The third kappa shape index (κ3) is 5.66. The minimum atomic E-state index is -3.59. The molecule has 7 heteroatoms. The van der Waals surface area contributed by atoms with Crippen molar-refractivity contribution in [1.29, 1.82) is 0 Å². The van der Waals surface area contributed by atoms with Gasteiger partial charge < -0.3 is 10.1 Å². The van der Waals surface area contributed by atoms with Crippen molar-refractivity contribution < 1.29 is 22.7 Å². The third-order valence-electron chi connectivity index (χ3n) is 4.45. The van der Waals surface area contributed by atoms with E-state index in [-0.39, 0.29) is 16.4 Å². The summed E-state index contributed by atoms with van der Waals surface area (Å²) >= 11 is 0. The van der Waals surface area contributed by atoms with Gasteiger partial charge in [0, 0.05) is 18.7 Å². The lowest BCUT2D eigenvalue weighted by Crippen LogP contribution is -2.38. The molecule has 1 amide bonds. The first kappa shape index (κ1) is 21.6. The van der Waals surface area contributed by atoms with E-state index in [0.29, 0.717) is 6.54 Å². The van der Waals surface area contributed by atoms with Crippen LogP contribution in [0.25, 0.3) is 0 Å². The molecular formula is C21H25NO5S. The Bertz CT molecular complexity index is 925. The van der Waals surface area contributed by atoms with E-state index < -0.39 is 27.8 Å². The van der Waals surface area contributed by atoms with Gasteiger partial charge in [0.1, 0.15) is 0 Å². The maximum atomic E-state index is 12.4. The fourth-order valence-corrected chi connectivity index (χ4v) is 3.70. The summed E-state index contributed by atoms with van der Waals surface area (Å²) in [6.45, 7) is 3.91. The lowest BCUT2D eigenvalue weighted by Gasteiger charge is -2.19. The van der Waals surface area contributed by atoms with Crippen LogP contribution in [0.1, 0.15) is 42.1 Å². The molecule has 0 unspecified atom stereocenters. The zero-order valence-corrected chi connectivity index (χ0v) is 17.0. The Hall–Kier alpha value is -2.67. The van der Waals surface area contributed by atoms with Crippen molar-refractivity contribution in [2.75, 3.05) is 12.8 Å². The molecule has 0 aliphatic rings. The second-order valence-corrected chi connectivity index (χ2v) is 8.56. The zero-order valence-electron chi connectivity index (χ0n) is 16.2. The second-order valence-electron chi connectivity index (χ2n) is 6.58. The number of hydrogen-bond donors (Lipinski definition) is 1. The molecule has 0 aliphatic carbocycles. The van der Waals surface area contributed by atoms with Gasteiger partial charge in [-0.2, -0.15) is 0 Å². The van der Waals surface area contributed by atoms with Gasteiger partial charge >= 0.3 is 5.97 Å². The Morgan fingerprint density at radius 2 is 1.64 bits per heavy atom. The van der Waals surface area contributed by atoms with Crippen LogP contribution >= 0.6 is 0 Å². The molecule has 0 heterocycles. The minimum Gasteiger partial charge on any atom is -0.449 e. The number of hydrogen-bond acceptors (Lipinski definition) is 5. The molecule has 2 rings (SSSR count). The van der Waals surface area contributed by atoms with Crippen LogP contribution < -0.4 is 5.32 Å². The number of rotatable bonds is 8. The summed E-state index contributed by atoms with van der Waals surface area (Å²) in [6, 6.07) is 15.6. The van der Waals surface area contributed by atoms with Crippen LogP contribution in [0.2, 0.25) is 0 Å². The molecule has 28 heavy (non-hydrogen) atoms. The van der Waals surface area contributed by atoms with Crippen LogP contribution in [-0.4, -0.2) is 39.2 Å². The zero-order chi connectivity index (χ0) is 20.7. The van der Waals surface area contributed by atoms with E-state index in [2.05, 4.69) is 5.32 Å². The molecule has 2 aromatic carbocycles. The van der Waals surface area contributed by atoms with E-state index in [0.717, 1.165) is 18.2 Å². The summed E-state index contributed by atoms with van der Waals surface area (Å²) in [5, 5.41) is 2.80. The topological polar surface area (TPSA) is 89.5 Å². The van der Waals surface area contributed by atoms with Gasteiger partial charge in [0.05, 0.1) is 10.5 Å². The molecule has 0 spiro atoms. The number of amides is 1. The van der Waals surface area contributed by atoms with Gasteiger partial charge in [-0.05, 0) is 31.0 Å². The lowest BCUT2D eigenvalue weighted by molar-refractivity contribution is -0.129. The molecule has 0 aliphatic heterocycles. The van der Waals surface area contributed by atoms with E-state index in [9.17, 15) is 18.0 Å². The van der Waals surface area contributed by atoms with Gasteiger partial charge in [-0.3, -0.25) is 4.79 Å². The number of nitrogens with one attached hydrogen (secondary N) is 1. The molecule has 0 saturated carbocycles. The van der Waals surface area contributed by atoms with Gasteiger partial charge in [0.15, 0.2) is 15.9 Å². The average Bonchev–Trinajstić information content (AvgIpc) is 2.68. The van der Waals surface area contributed by atoms with Crippen LogP contribution in [0.3, 0.4) is 0 Å². The first-order valence-corrected chi connectivity index (χ1v) is 11.0. The van der Waals surface area contributed by atoms with Gasteiger partial charge in [0.2, 0.25) is 0 Å². The van der Waals surface area contributed by atoms with Gasteiger partial charge in [0.25, 0.3) is 5.91 Å². The predicted octanol–water partition coefficient (Wildman–Crippen LogP) is 2.95. The van der Waals surface area contributed by atoms with E-state index in [1.54, 1.807) is 6.07 Å². The third-order valence-corrected chi connectivity index (χ3v) is 5.60. The standard InChI is InChI=1S/C21H25NO5S/c1-4-16(17-10-6-5-7-11-17)14-22-20(23)15(2)27-21(24)18-12-8-9-13-19(18)28(3,25)26/h5-13,15-16H,4,14H2,1-3H3,(H,22,23)/t15-,16+/m1/s1. The first-order chi connectivity index (χ1) is 13.2. The number of esters is 1. The highest BCUT2D eigenvalue weighted by Gasteiger charge is 2.24. The molecule has 150 valence electrons. The van der Waals surface area contributed by atoms with Crippen LogP contribution in [0.15, 0.2) is 59.5 Å². The van der Waals surface area contributed by atoms with Crippen molar-refractivity contribution in [2.24, 2.45) is 0 Å². The smallest absolute Gasteiger partial charge is 0.340 e. The lowest BCUT2D eigenvalue weighted by atomic mass is 9.96. The summed E-state index contributed by atoms with van der Waals surface area (Å²) in [4.78, 5) is 24.6. The van der Waals surface area contributed by atoms with Crippen molar-refractivity contribution in [3.63, 3.8) is 0 Å². The Morgan fingerprint density at radius 1 is 1.04 bits per heavy atom. The number of sulfone groups is 1. The van der Waals surface area contributed by atoms with E-state index in [1.807, 2.05) is 37.3 Å². The summed E-state index contributed by atoms with van der Waals surface area (Å²) in [5.74, 6) is -1.13. The predicted molar refractivity (Wildman–Crippen MR) is 107 cm³/mol. The van der Waals surface area contributed by atoms with E-state index in [1.165, 1.54) is 25.1 Å². The number of carbonyl (C=O) groups excluding carboxylic acids is 2. The molecule has 1 N–H and O–H groups in total. The van der Waals surface area contributed by atoms with E-state index >= 15 is 0 Å². The van der Waals surface area contributed by atoms with Crippen molar-refractivity contribution in [3.8, 4) is 0 Å². The van der Waals surface area contributed by atoms with Crippen molar-refractivity contribution in [2.45, 2.75) is 37.2 Å². The molecule has 2 atom stereocenters. The molecule has 0 bridgehead atoms. The first-order valence-electron chi connectivity index (χ1n) is 9.06. The Kier molecular flexibility index (Phi) is 7.34. The Balaban J connectivity index is 2.00. The Labute approximate surface area is 165 Å². The molecule has 6 nitrogen and oxygen atoms in total. The molecule has 0 saturated heterocycles. The van der Waals surface area contributed by atoms with Crippen LogP contribution in [0.4, 0.5) is 0 Å². The quantitative estimate of drug-likeness (QED) is 0.685.